The van der Waals surface area contributed by atoms with Crippen LogP contribution in [0.3, 0.4) is 0 Å². The second-order valence-electron chi connectivity index (χ2n) is 17.3. The smallest absolute Gasteiger partial charge is 0.208 e. The van der Waals surface area contributed by atoms with Crippen LogP contribution < -0.4 is 22.1 Å². The van der Waals surface area contributed by atoms with Crippen molar-refractivity contribution >= 4 is 56.8 Å². The third-order valence-corrected chi connectivity index (χ3v) is 12.7. The van der Waals surface area contributed by atoms with E-state index in [-0.39, 0.29) is 0 Å². The van der Waals surface area contributed by atoms with Gasteiger partial charge in [-0.05, 0) is 144 Å². The number of likely N-dealkylation sites (tertiary alicyclic amines) is 1. The molecule has 2 aliphatic heterocycles. The van der Waals surface area contributed by atoms with Gasteiger partial charge >= 0.3 is 0 Å². The Hall–Kier alpha value is -6.34. The van der Waals surface area contributed by atoms with E-state index >= 15 is 0 Å². The molecular weight excluding hydrogens is 771 g/mol. The molecule has 0 unspecified atom stereocenters. The fourth-order valence-corrected chi connectivity index (χ4v) is 9.37. The molecule has 6 aromatic rings. The average Bonchev–Trinajstić information content (AvgIpc) is 4.01. The first-order valence-corrected chi connectivity index (χ1v) is 22.2. The normalized spacial score (nSPS) is 16.3. The van der Waals surface area contributed by atoms with Gasteiger partial charge in [0.25, 0.3) is 0 Å². The molecule has 0 saturated carbocycles. The van der Waals surface area contributed by atoms with E-state index in [0.29, 0.717) is 42.4 Å². The molecule has 6 N–H and O–H groups in total. The maximum Gasteiger partial charge on any atom is 0.208 e. The summed E-state index contributed by atoms with van der Waals surface area (Å²) in [7, 11) is 0. The Labute approximate surface area is 365 Å². The highest BCUT2D eigenvalue weighted by atomic mass is 15.3. The molecule has 324 valence electrons. The number of aryl methyl sites for hydroxylation is 6. The molecule has 0 radical (unpaired) electrons. The highest BCUT2D eigenvalue weighted by Crippen LogP contribution is 2.34. The highest BCUT2D eigenvalue weighted by molar-refractivity contribution is 5.89. The van der Waals surface area contributed by atoms with Crippen LogP contribution in [0.15, 0.2) is 74.9 Å². The van der Waals surface area contributed by atoms with Gasteiger partial charge in [0.05, 0.1) is 56.2 Å². The number of nitrogens with one attached hydrogen (secondary N) is 2. The first-order chi connectivity index (χ1) is 29.8. The second-order valence-corrected chi connectivity index (χ2v) is 17.3. The Morgan fingerprint density at radius 2 is 1.10 bits per heavy atom. The predicted molar refractivity (Wildman–Crippen MR) is 256 cm³/mol. The SMILES string of the molecule is C=C(N)c1cc2c3c(c1)nc(NC(=C)c1cc(C)nn1CC)n3C/C=C/Cn1c(NC(=C)c3cc(C)nn3CC)nc3cc(C(=C)N)cc(c31)CCC(N1CCC(C)CC1)CC2. The monoisotopic (exact) mass is 834 g/mol. The van der Waals surface area contributed by atoms with Crippen LogP contribution in [0, 0.1) is 19.8 Å². The van der Waals surface area contributed by atoms with Crippen LogP contribution in [-0.2, 0) is 39.0 Å². The minimum absolute atomic E-state index is 0.336. The minimum Gasteiger partial charge on any atom is -0.399 e. The zero-order valence-electron chi connectivity index (χ0n) is 37.3. The molecule has 0 amide bonds. The van der Waals surface area contributed by atoms with Crippen molar-refractivity contribution in [3.8, 4) is 0 Å². The first-order valence-electron chi connectivity index (χ1n) is 22.2. The third kappa shape index (κ3) is 8.46. The Morgan fingerprint density at radius 1 is 0.661 bits per heavy atom. The van der Waals surface area contributed by atoms with E-state index in [0.717, 1.165) is 125 Å². The van der Waals surface area contributed by atoms with Crippen LogP contribution in [0.5, 0.6) is 0 Å². The number of hydrogen-bond acceptors (Lipinski definition) is 9. The molecule has 1 fully saturated rings. The van der Waals surface area contributed by atoms with Crippen LogP contribution in [0.1, 0.15) is 91.5 Å². The fraction of sp³-hybridized carbons (Fsp3) is 0.388. The van der Waals surface area contributed by atoms with Gasteiger partial charge in [-0.2, -0.15) is 10.2 Å². The Morgan fingerprint density at radius 3 is 1.50 bits per heavy atom. The molecule has 13 nitrogen and oxygen atoms in total. The molecule has 13 heteroatoms. The molecule has 0 spiro atoms. The lowest BCUT2D eigenvalue weighted by Gasteiger charge is -2.37. The number of piperidine rings is 1. The Kier molecular flexibility index (Phi) is 12.0. The number of nitrogens with two attached hydrogens (primary N) is 2. The topological polar surface area (TPSA) is 151 Å². The number of benzene rings is 2. The predicted octanol–water partition coefficient (Wildman–Crippen LogP) is 8.70. The third-order valence-electron chi connectivity index (χ3n) is 12.7. The number of imidazole rings is 2. The van der Waals surface area contributed by atoms with Gasteiger partial charge in [0, 0.05) is 43.6 Å². The standard InChI is InChI=1S/C49H63N13/c1-10-61-44(24-31(4)56-61)35(8)52-48-54-42-28-39(33(6)50)26-37-14-16-41(58-22-18-30(3)19-23-58)17-15-38-27-40(34(7)51)29-43-47(38)60(21-13-12-20-59(48)46(37)42)49(55-43)53-36(9)45-25-32(5)57-62(45)11-2/h12-13,24-30,41H,6-11,14-23,50-51H2,1-5H3,(H,52,54)(H,53,55)/b13-12+. The molecule has 2 aliphatic rings. The summed E-state index contributed by atoms with van der Waals surface area (Å²) in [6, 6.07) is 13.0. The fourth-order valence-electron chi connectivity index (χ4n) is 9.37. The van der Waals surface area contributed by atoms with Crippen molar-refractivity contribution in [2.24, 2.45) is 17.4 Å². The average molecular weight is 834 g/mol. The Balaban J connectivity index is 1.27. The maximum atomic E-state index is 6.43. The van der Waals surface area contributed by atoms with Crippen molar-refractivity contribution in [1.29, 1.82) is 0 Å². The summed E-state index contributed by atoms with van der Waals surface area (Å²) in [5.41, 5.74) is 27.2. The van der Waals surface area contributed by atoms with Crippen molar-refractivity contribution in [2.45, 2.75) is 105 Å². The molecule has 6 heterocycles. The van der Waals surface area contributed by atoms with Gasteiger partial charge in [0.15, 0.2) is 0 Å². The molecular formula is C49H63N13. The van der Waals surface area contributed by atoms with E-state index in [1.165, 1.54) is 24.0 Å². The molecule has 0 atom stereocenters. The summed E-state index contributed by atoms with van der Waals surface area (Å²) in [5, 5.41) is 16.6. The van der Waals surface area contributed by atoms with Gasteiger partial charge in [0.2, 0.25) is 11.9 Å². The number of anilines is 2. The summed E-state index contributed by atoms with van der Waals surface area (Å²) >= 11 is 0. The first kappa shape index (κ1) is 42.4. The van der Waals surface area contributed by atoms with Gasteiger partial charge in [-0.25, -0.2) is 9.97 Å². The minimum atomic E-state index is 0.336. The van der Waals surface area contributed by atoms with Crippen molar-refractivity contribution in [3.63, 3.8) is 0 Å². The molecule has 0 aliphatic carbocycles. The van der Waals surface area contributed by atoms with Crippen molar-refractivity contribution in [2.75, 3.05) is 23.7 Å². The van der Waals surface area contributed by atoms with Gasteiger partial charge in [0.1, 0.15) is 0 Å². The zero-order valence-corrected chi connectivity index (χ0v) is 37.3. The molecule has 4 aromatic heterocycles. The number of rotatable bonds is 11. The maximum absolute atomic E-state index is 6.43. The summed E-state index contributed by atoms with van der Waals surface area (Å²) in [6.07, 6.45) is 10.5. The molecule has 0 bridgehead atoms. The number of hydrogen-bond donors (Lipinski definition) is 4. The van der Waals surface area contributed by atoms with Crippen LogP contribution in [-0.4, -0.2) is 62.7 Å². The van der Waals surface area contributed by atoms with Crippen molar-refractivity contribution in [1.82, 2.24) is 43.6 Å². The number of nitrogens with zero attached hydrogens (tertiary/aromatic N) is 9. The lowest BCUT2D eigenvalue weighted by atomic mass is 9.92. The summed E-state index contributed by atoms with van der Waals surface area (Å²) < 4.78 is 8.49. The Bertz CT molecular complexity index is 2550. The van der Waals surface area contributed by atoms with Crippen molar-refractivity contribution in [3.05, 3.63) is 120 Å². The lowest BCUT2D eigenvalue weighted by Crippen LogP contribution is -2.41. The summed E-state index contributed by atoms with van der Waals surface area (Å²) in [4.78, 5) is 13.2. The van der Waals surface area contributed by atoms with Crippen LogP contribution in [0.2, 0.25) is 0 Å². The number of aromatic nitrogens is 8. The van der Waals surface area contributed by atoms with E-state index in [9.17, 15) is 0 Å². The van der Waals surface area contributed by atoms with Gasteiger partial charge in [-0.15, -0.1) is 0 Å². The molecule has 62 heavy (non-hydrogen) atoms. The molecule has 8 rings (SSSR count). The summed E-state index contributed by atoms with van der Waals surface area (Å²) in [5.74, 6) is 2.13. The van der Waals surface area contributed by atoms with Gasteiger partial charge in [-0.3, -0.25) is 9.36 Å². The molecule has 1 saturated heterocycles. The van der Waals surface area contributed by atoms with E-state index in [1.807, 2.05) is 23.2 Å². The van der Waals surface area contributed by atoms with Crippen LogP contribution in [0.4, 0.5) is 11.9 Å². The van der Waals surface area contributed by atoms with Crippen LogP contribution in [0.25, 0.3) is 44.9 Å². The molecule has 2 aromatic carbocycles. The van der Waals surface area contributed by atoms with Gasteiger partial charge < -0.3 is 36.1 Å². The zero-order chi connectivity index (χ0) is 43.8. The summed E-state index contributed by atoms with van der Waals surface area (Å²) in [6.45, 7) is 32.5. The number of allylic oxidation sites excluding steroid dienone is 2. The second kappa shape index (κ2) is 17.6. The lowest BCUT2D eigenvalue weighted by molar-refractivity contribution is 0.125. The van der Waals surface area contributed by atoms with E-state index < -0.39 is 0 Å². The van der Waals surface area contributed by atoms with E-state index in [1.54, 1.807) is 0 Å². The van der Waals surface area contributed by atoms with E-state index in [4.69, 9.17) is 21.4 Å². The highest BCUT2D eigenvalue weighted by Gasteiger charge is 2.26. The van der Waals surface area contributed by atoms with Crippen LogP contribution >= 0.6 is 0 Å². The van der Waals surface area contributed by atoms with Crippen molar-refractivity contribution < 1.29 is 0 Å². The van der Waals surface area contributed by atoms with E-state index in [2.05, 4.69) is 131 Å². The largest absolute Gasteiger partial charge is 0.399 e. The quantitative estimate of drug-likeness (QED) is 0.0941. The van der Waals surface area contributed by atoms with Gasteiger partial charge in [-0.1, -0.05) is 45.4 Å².